The fourth-order valence-electron chi connectivity index (χ4n) is 3.09. The van der Waals surface area contributed by atoms with Crippen molar-refractivity contribution >= 4 is 21.3 Å². The van der Waals surface area contributed by atoms with Crippen molar-refractivity contribution in [3.8, 4) is 0 Å². The van der Waals surface area contributed by atoms with Crippen LogP contribution in [0.2, 0.25) is 12.6 Å². The predicted molar refractivity (Wildman–Crippen MR) is 111 cm³/mol. The van der Waals surface area contributed by atoms with Crippen LogP contribution < -0.4 is 0 Å². The highest BCUT2D eigenvalue weighted by Crippen LogP contribution is 2.23. The molecule has 0 aromatic rings. The predicted octanol–water partition coefficient (Wildman–Crippen LogP) is 7.08. The van der Waals surface area contributed by atoms with E-state index in [0.29, 0.717) is 9.52 Å². The normalized spacial score (nSPS) is 13.2. The minimum absolute atomic E-state index is 0.310. The molecule has 22 heavy (non-hydrogen) atoms. The Kier molecular flexibility index (Phi) is 20.1. The summed E-state index contributed by atoms with van der Waals surface area (Å²) in [5.74, 6) is 3.90. The smallest absolute Gasteiger partial charge is 0.0167 e. The molecule has 1 unspecified atom stereocenters. The molecule has 0 nitrogen and oxygen atoms in total. The summed E-state index contributed by atoms with van der Waals surface area (Å²) in [6, 6.07) is 1.56. The first-order valence-corrected chi connectivity index (χ1v) is 14.0. The van der Waals surface area contributed by atoms with Crippen molar-refractivity contribution in [3.63, 3.8) is 0 Å². The first-order chi connectivity index (χ1) is 10.8. The van der Waals surface area contributed by atoms with E-state index < -0.39 is 0 Å². The fourth-order valence-corrected chi connectivity index (χ4v) is 5.44. The van der Waals surface area contributed by atoms with Gasteiger partial charge in [0.05, 0.1) is 0 Å². The van der Waals surface area contributed by atoms with E-state index in [1.807, 2.05) is 0 Å². The minimum atomic E-state index is 0.310. The molecule has 0 heterocycles. The van der Waals surface area contributed by atoms with E-state index in [-0.39, 0.29) is 0 Å². The standard InChI is InChI=1S/C20H44SSi/c1-4-6-8-10-11-13-16-20(15-12-9-7-5-2)19-21-17-14-18-22-3/h20H,4-19,22H2,1-3H3. The summed E-state index contributed by atoms with van der Waals surface area (Å²) in [5, 5.41) is 0. The van der Waals surface area contributed by atoms with Gasteiger partial charge >= 0.3 is 0 Å². The van der Waals surface area contributed by atoms with E-state index in [0.717, 1.165) is 5.92 Å². The first kappa shape index (κ1) is 22.6. The maximum absolute atomic E-state index is 2.44. The molecule has 0 radical (unpaired) electrons. The van der Waals surface area contributed by atoms with Crippen LogP contribution in [0.5, 0.6) is 0 Å². The van der Waals surface area contributed by atoms with Gasteiger partial charge in [-0.3, -0.25) is 0 Å². The molecule has 0 aromatic heterocycles. The zero-order valence-electron chi connectivity index (χ0n) is 16.0. The molecule has 0 bridgehead atoms. The quantitative estimate of drug-likeness (QED) is 0.189. The van der Waals surface area contributed by atoms with Crippen molar-refractivity contribution in [2.75, 3.05) is 11.5 Å². The van der Waals surface area contributed by atoms with Crippen LogP contribution in [-0.2, 0) is 0 Å². The van der Waals surface area contributed by atoms with Gasteiger partial charge in [0.15, 0.2) is 0 Å². The topological polar surface area (TPSA) is 0 Å². The lowest BCUT2D eigenvalue weighted by Crippen LogP contribution is -2.05. The van der Waals surface area contributed by atoms with E-state index >= 15 is 0 Å². The molecule has 0 aliphatic rings. The molecule has 0 saturated heterocycles. The van der Waals surface area contributed by atoms with Gasteiger partial charge in [0.1, 0.15) is 0 Å². The Bertz CT molecular complexity index is 196. The van der Waals surface area contributed by atoms with Gasteiger partial charge in [-0.2, -0.15) is 11.8 Å². The average Bonchev–Trinajstić information content (AvgIpc) is 2.53. The lowest BCUT2D eigenvalue weighted by molar-refractivity contribution is 0.440. The molecule has 0 N–H and O–H groups in total. The lowest BCUT2D eigenvalue weighted by Gasteiger charge is -2.16. The molecule has 0 aliphatic heterocycles. The molecule has 0 aliphatic carbocycles. The first-order valence-electron chi connectivity index (χ1n) is 10.4. The second kappa shape index (κ2) is 19.6. The lowest BCUT2D eigenvalue weighted by atomic mass is 9.96. The number of hydrogen-bond donors (Lipinski definition) is 0. The third-order valence-corrected chi connectivity index (χ3v) is 7.17. The average molecular weight is 345 g/mol. The van der Waals surface area contributed by atoms with Gasteiger partial charge in [0.2, 0.25) is 0 Å². The summed E-state index contributed by atoms with van der Waals surface area (Å²) in [6.07, 6.45) is 19.0. The van der Waals surface area contributed by atoms with Crippen molar-refractivity contribution in [2.24, 2.45) is 5.92 Å². The van der Waals surface area contributed by atoms with Crippen molar-refractivity contribution in [1.29, 1.82) is 0 Å². The molecule has 0 aromatic carbocycles. The van der Waals surface area contributed by atoms with Crippen LogP contribution >= 0.6 is 11.8 Å². The molecular weight excluding hydrogens is 300 g/mol. The highest BCUT2D eigenvalue weighted by atomic mass is 32.2. The van der Waals surface area contributed by atoms with Crippen molar-refractivity contribution in [1.82, 2.24) is 0 Å². The molecular formula is C20H44SSi. The Labute approximate surface area is 148 Å². The molecule has 0 spiro atoms. The van der Waals surface area contributed by atoms with Crippen molar-refractivity contribution in [3.05, 3.63) is 0 Å². The highest BCUT2D eigenvalue weighted by Gasteiger charge is 2.08. The maximum Gasteiger partial charge on any atom is 0.0167 e. The SMILES string of the molecule is CCCCCCCCC(CCCCCC)CSCCC[SiH2]C. The van der Waals surface area contributed by atoms with Crippen LogP contribution in [0.3, 0.4) is 0 Å². The molecule has 0 saturated carbocycles. The van der Waals surface area contributed by atoms with E-state index in [4.69, 9.17) is 0 Å². The van der Waals surface area contributed by atoms with Gasteiger partial charge < -0.3 is 0 Å². The molecule has 0 rings (SSSR count). The van der Waals surface area contributed by atoms with E-state index in [2.05, 4.69) is 32.2 Å². The van der Waals surface area contributed by atoms with Crippen LogP contribution in [0, 0.1) is 5.92 Å². The van der Waals surface area contributed by atoms with E-state index in [1.54, 1.807) is 6.04 Å². The summed E-state index contributed by atoms with van der Waals surface area (Å²) in [5.41, 5.74) is 0. The molecule has 1 atom stereocenters. The van der Waals surface area contributed by atoms with Crippen LogP contribution in [0.25, 0.3) is 0 Å². The second-order valence-electron chi connectivity index (χ2n) is 7.05. The number of thioether (sulfide) groups is 1. The highest BCUT2D eigenvalue weighted by molar-refractivity contribution is 7.99. The Morgan fingerprint density at radius 3 is 1.86 bits per heavy atom. The summed E-state index contributed by atoms with van der Waals surface area (Å²) in [6.45, 7) is 7.07. The number of rotatable bonds is 18. The van der Waals surface area contributed by atoms with Gasteiger partial charge in [0, 0.05) is 9.52 Å². The third kappa shape index (κ3) is 16.9. The van der Waals surface area contributed by atoms with Gasteiger partial charge in [0.25, 0.3) is 0 Å². The molecule has 0 fully saturated rings. The van der Waals surface area contributed by atoms with Gasteiger partial charge in [-0.1, -0.05) is 90.6 Å². The molecule has 2 heteroatoms. The Morgan fingerprint density at radius 1 is 0.727 bits per heavy atom. The van der Waals surface area contributed by atoms with E-state index in [9.17, 15) is 0 Å². The Hall–Kier alpha value is 0.567. The van der Waals surface area contributed by atoms with Crippen LogP contribution in [0.4, 0.5) is 0 Å². The third-order valence-electron chi connectivity index (χ3n) is 4.68. The summed E-state index contributed by atoms with van der Waals surface area (Å²) < 4.78 is 0. The number of hydrogen-bond acceptors (Lipinski definition) is 1. The summed E-state index contributed by atoms with van der Waals surface area (Å²) in [7, 11) is 0.310. The summed E-state index contributed by atoms with van der Waals surface area (Å²) in [4.78, 5) is 0. The van der Waals surface area contributed by atoms with Crippen molar-refractivity contribution < 1.29 is 0 Å². The zero-order valence-corrected chi connectivity index (χ0v) is 18.2. The maximum atomic E-state index is 2.44. The fraction of sp³-hybridized carbons (Fsp3) is 1.00. The molecule has 0 amide bonds. The molecule has 134 valence electrons. The van der Waals surface area contributed by atoms with Crippen LogP contribution in [0.1, 0.15) is 97.3 Å². The zero-order chi connectivity index (χ0) is 16.3. The largest absolute Gasteiger partial charge is 0.162 e. The monoisotopic (exact) mass is 344 g/mol. The summed E-state index contributed by atoms with van der Waals surface area (Å²) >= 11 is 2.26. The second-order valence-corrected chi connectivity index (χ2v) is 9.91. The van der Waals surface area contributed by atoms with Crippen LogP contribution in [0.15, 0.2) is 0 Å². The minimum Gasteiger partial charge on any atom is -0.162 e. The van der Waals surface area contributed by atoms with Gasteiger partial charge in [-0.25, -0.2) is 0 Å². The van der Waals surface area contributed by atoms with Crippen LogP contribution in [-0.4, -0.2) is 21.0 Å². The van der Waals surface area contributed by atoms with Gasteiger partial charge in [-0.05, 0) is 36.7 Å². The van der Waals surface area contributed by atoms with Crippen molar-refractivity contribution in [2.45, 2.75) is 110 Å². The Morgan fingerprint density at radius 2 is 1.27 bits per heavy atom. The van der Waals surface area contributed by atoms with Gasteiger partial charge in [-0.15, -0.1) is 0 Å². The Balaban J connectivity index is 3.69. The van der Waals surface area contributed by atoms with E-state index in [1.165, 1.54) is 95.0 Å². The number of unbranched alkanes of at least 4 members (excludes halogenated alkanes) is 8.